The Balaban J connectivity index is 2.10. The number of benzene rings is 1. The SMILES string of the molecule is CCc1cc(=O)[nH]c(N/N=C\c2cccc(O)c2)n1. The quantitative estimate of drug-likeness (QED) is 0.572. The van der Waals surface area contributed by atoms with Crippen molar-refractivity contribution in [3.63, 3.8) is 0 Å². The Morgan fingerprint density at radius 1 is 1.47 bits per heavy atom. The third kappa shape index (κ3) is 3.67. The smallest absolute Gasteiger partial charge is 0.252 e. The van der Waals surface area contributed by atoms with Crippen molar-refractivity contribution in [2.45, 2.75) is 13.3 Å². The number of phenolic OH excluding ortho intramolecular Hbond substituents is 1. The molecule has 19 heavy (non-hydrogen) atoms. The average Bonchev–Trinajstić information content (AvgIpc) is 2.38. The Morgan fingerprint density at radius 3 is 3.05 bits per heavy atom. The average molecular weight is 258 g/mol. The Labute approximate surface area is 109 Å². The fourth-order valence-electron chi connectivity index (χ4n) is 1.52. The van der Waals surface area contributed by atoms with Gasteiger partial charge in [0.15, 0.2) is 0 Å². The molecule has 2 rings (SSSR count). The molecule has 0 amide bonds. The lowest BCUT2D eigenvalue weighted by atomic mass is 10.2. The number of aromatic amines is 1. The maximum absolute atomic E-state index is 11.3. The number of nitrogens with zero attached hydrogens (tertiary/aromatic N) is 2. The van der Waals surface area contributed by atoms with E-state index in [2.05, 4.69) is 20.5 Å². The van der Waals surface area contributed by atoms with Crippen LogP contribution in [0.4, 0.5) is 5.95 Å². The first kappa shape index (κ1) is 12.8. The van der Waals surface area contributed by atoms with Crippen molar-refractivity contribution in [2.75, 3.05) is 5.43 Å². The first-order valence-electron chi connectivity index (χ1n) is 5.85. The minimum Gasteiger partial charge on any atom is -0.508 e. The highest BCUT2D eigenvalue weighted by Gasteiger charge is 1.97. The monoisotopic (exact) mass is 258 g/mol. The van der Waals surface area contributed by atoms with Crippen LogP contribution in [0.1, 0.15) is 18.2 Å². The van der Waals surface area contributed by atoms with Gasteiger partial charge in [0.25, 0.3) is 5.56 Å². The van der Waals surface area contributed by atoms with Crippen LogP contribution in [-0.4, -0.2) is 21.3 Å². The Bertz CT molecular complexity index is 649. The molecular formula is C13H14N4O2. The second-order valence-corrected chi connectivity index (χ2v) is 3.90. The summed E-state index contributed by atoms with van der Waals surface area (Å²) >= 11 is 0. The number of phenols is 1. The van der Waals surface area contributed by atoms with Crippen LogP contribution in [0.3, 0.4) is 0 Å². The summed E-state index contributed by atoms with van der Waals surface area (Å²) in [5.41, 5.74) is 3.86. The van der Waals surface area contributed by atoms with Gasteiger partial charge >= 0.3 is 0 Å². The lowest BCUT2D eigenvalue weighted by Gasteiger charge is -2.01. The molecular weight excluding hydrogens is 244 g/mol. The molecule has 6 heteroatoms. The van der Waals surface area contributed by atoms with Crippen molar-refractivity contribution in [3.8, 4) is 5.75 Å². The second-order valence-electron chi connectivity index (χ2n) is 3.90. The van der Waals surface area contributed by atoms with Crippen molar-refractivity contribution < 1.29 is 5.11 Å². The Hall–Kier alpha value is -2.63. The molecule has 0 radical (unpaired) electrons. The molecule has 1 aromatic carbocycles. The van der Waals surface area contributed by atoms with Crippen LogP contribution in [0.5, 0.6) is 5.75 Å². The van der Waals surface area contributed by atoms with E-state index < -0.39 is 0 Å². The van der Waals surface area contributed by atoms with Crippen LogP contribution < -0.4 is 11.0 Å². The van der Waals surface area contributed by atoms with Crippen molar-refractivity contribution in [1.82, 2.24) is 9.97 Å². The van der Waals surface area contributed by atoms with Crippen molar-refractivity contribution in [3.05, 3.63) is 51.9 Å². The van der Waals surface area contributed by atoms with E-state index >= 15 is 0 Å². The maximum atomic E-state index is 11.3. The van der Waals surface area contributed by atoms with Crippen molar-refractivity contribution >= 4 is 12.2 Å². The fraction of sp³-hybridized carbons (Fsp3) is 0.154. The van der Waals surface area contributed by atoms with Gasteiger partial charge in [0.1, 0.15) is 5.75 Å². The zero-order chi connectivity index (χ0) is 13.7. The van der Waals surface area contributed by atoms with E-state index in [0.29, 0.717) is 18.1 Å². The van der Waals surface area contributed by atoms with Crippen LogP contribution in [0, 0.1) is 0 Å². The van der Waals surface area contributed by atoms with Gasteiger partial charge in [0.05, 0.1) is 6.21 Å². The Kier molecular flexibility index (Phi) is 3.92. The Morgan fingerprint density at radius 2 is 2.32 bits per heavy atom. The van der Waals surface area contributed by atoms with Gasteiger partial charge in [-0.3, -0.25) is 9.78 Å². The highest BCUT2D eigenvalue weighted by atomic mass is 16.3. The molecule has 0 aliphatic heterocycles. The van der Waals surface area contributed by atoms with Gasteiger partial charge in [-0.25, -0.2) is 10.4 Å². The minimum absolute atomic E-state index is 0.170. The summed E-state index contributed by atoms with van der Waals surface area (Å²) in [6.45, 7) is 1.92. The number of aromatic nitrogens is 2. The van der Waals surface area contributed by atoms with Gasteiger partial charge in [0.2, 0.25) is 5.95 Å². The molecule has 98 valence electrons. The number of aromatic hydroxyl groups is 1. The molecule has 1 heterocycles. The zero-order valence-electron chi connectivity index (χ0n) is 10.4. The number of H-pyrrole nitrogens is 1. The van der Waals surface area contributed by atoms with Gasteiger partial charge in [-0.15, -0.1) is 0 Å². The lowest BCUT2D eigenvalue weighted by Crippen LogP contribution is -2.11. The normalized spacial score (nSPS) is 10.8. The third-order valence-corrected chi connectivity index (χ3v) is 2.41. The molecule has 2 aromatic rings. The summed E-state index contributed by atoms with van der Waals surface area (Å²) in [6.07, 6.45) is 2.20. The molecule has 0 spiro atoms. The number of nitrogens with one attached hydrogen (secondary N) is 2. The van der Waals surface area contributed by atoms with Gasteiger partial charge in [-0.2, -0.15) is 5.10 Å². The zero-order valence-corrected chi connectivity index (χ0v) is 10.4. The minimum atomic E-state index is -0.220. The highest BCUT2D eigenvalue weighted by molar-refractivity contribution is 5.80. The molecule has 0 atom stereocenters. The molecule has 0 bridgehead atoms. The van der Waals surface area contributed by atoms with E-state index in [-0.39, 0.29) is 11.3 Å². The number of aryl methyl sites for hydroxylation is 1. The van der Waals surface area contributed by atoms with Crippen LogP contribution in [0.15, 0.2) is 40.2 Å². The van der Waals surface area contributed by atoms with E-state index in [1.54, 1.807) is 24.3 Å². The van der Waals surface area contributed by atoms with Gasteiger partial charge in [0, 0.05) is 11.8 Å². The van der Waals surface area contributed by atoms with Crippen LogP contribution in [-0.2, 0) is 6.42 Å². The summed E-state index contributed by atoms with van der Waals surface area (Å²) in [4.78, 5) is 18.0. The van der Waals surface area contributed by atoms with Gasteiger partial charge < -0.3 is 5.11 Å². The molecule has 6 nitrogen and oxygen atoms in total. The second kappa shape index (κ2) is 5.81. The van der Waals surface area contributed by atoms with Gasteiger partial charge in [-0.1, -0.05) is 19.1 Å². The van der Waals surface area contributed by atoms with E-state index in [1.165, 1.54) is 12.3 Å². The van der Waals surface area contributed by atoms with E-state index in [4.69, 9.17) is 0 Å². The fourth-order valence-corrected chi connectivity index (χ4v) is 1.52. The van der Waals surface area contributed by atoms with Crippen molar-refractivity contribution in [1.29, 1.82) is 0 Å². The number of hydrogen-bond donors (Lipinski definition) is 3. The first-order chi connectivity index (χ1) is 9.17. The standard InChI is InChI=1S/C13H14N4O2/c1-2-10-7-12(19)16-13(15-10)17-14-8-9-4-3-5-11(18)6-9/h3-8,18H,2H2,1H3,(H2,15,16,17,19)/b14-8-. The lowest BCUT2D eigenvalue weighted by molar-refractivity contribution is 0.475. The summed E-state index contributed by atoms with van der Waals surface area (Å²) in [5.74, 6) is 0.462. The predicted octanol–water partition coefficient (Wildman–Crippen LogP) is 1.48. The van der Waals surface area contributed by atoms with Gasteiger partial charge in [-0.05, 0) is 24.1 Å². The van der Waals surface area contributed by atoms with Crippen LogP contribution in [0.2, 0.25) is 0 Å². The maximum Gasteiger partial charge on any atom is 0.252 e. The molecule has 0 fully saturated rings. The number of rotatable bonds is 4. The molecule has 0 saturated carbocycles. The molecule has 0 unspecified atom stereocenters. The van der Waals surface area contributed by atoms with Crippen LogP contribution in [0.25, 0.3) is 0 Å². The largest absolute Gasteiger partial charge is 0.508 e. The topological polar surface area (TPSA) is 90.4 Å². The van der Waals surface area contributed by atoms with Crippen molar-refractivity contribution in [2.24, 2.45) is 5.10 Å². The summed E-state index contributed by atoms with van der Waals surface area (Å²) in [6, 6.07) is 8.11. The summed E-state index contributed by atoms with van der Waals surface area (Å²) < 4.78 is 0. The number of hydrogen-bond acceptors (Lipinski definition) is 5. The van der Waals surface area contributed by atoms with E-state index in [0.717, 1.165) is 5.56 Å². The number of anilines is 1. The molecule has 3 N–H and O–H groups in total. The molecule has 0 saturated heterocycles. The van der Waals surface area contributed by atoms with E-state index in [9.17, 15) is 9.90 Å². The summed E-state index contributed by atoms with van der Waals surface area (Å²) in [7, 11) is 0. The number of hydrazone groups is 1. The predicted molar refractivity (Wildman–Crippen MR) is 73.6 cm³/mol. The van der Waals surface area contributed by atoms with E-state index in [1.807, 2.05) is 6.92 Å². The molecule has 0 aliphatic carbocycles. The van der Waals surface area contributed by atoms with Crippen LogP contribution >= 0.6 is 0 Å². The highest BCUT2D eigenvalue weighted by Crippen LogP contribution is 2.08. The third-order valence-electron chi connectivity index (χ3n) is 2.41. The molecule has 0 aliphatic rings. The molecule has 1 aromatic heterocycles. The summed E-state index contributed by atoms with van der Waals surface area (Å²) in [5, 5.41) is 13.2. The first-order valence-corrected chi connectivity index (χ1v) is 5.85.